The Morgan fingerprint density at radius 3 is 3.00 bits per heavy atom. The van der Waals surface area contributed by atoms with Crippen LogP contribution in [0, 0.1) is 0 Å². The molecule has 4 N–H and O–H groups in total. The van der Waals surface area contributed by atoms with Gasteiger partial charge in [-0.3, -0.25) is 4.79 Å². The summed E-state index contributed by atoms with van der Waals surface area (Å²) in [5.74, 6) is -0.196. The van der Waals surface area contributed by atoms with Gasteiger partial charge in [-0.15, -0.1) is 11.3 Å². The summed E-state index contributed by atoms with van der Waals surface area (Å²) >= 11 is 1.46. The number of thiophene rings is 1. The van der Waals surface area contributed by atoms with E-state index in [0.717, 1.165) is 4.88 Å². The Kier molecular flexibility index (Phi) is 4.74. The standard InChI is InChI=1S/C10H16N2O2S/c1-7(4-5-13)12-10(14)9(11)8-3-2-6-15-8/h2-3,6-7,9,13H,4-5,11H2,1H3,(H,12,14). The molecule has 0 radical (unpaired) electrons. The lowest BCUT2D eigenvalue weighted by molar-refractivity contribution is -0.123. The van der Waals surface area contributed by atoms with E-state index < -0.39 is 6.04 Å². The number of aliphatic hydroxyl groups excluding tert-OH is 1. The second-order valence-corrected chi connectivity index (χ2v) is 4.39. The lowest BCUT2D eigenvalue weighted by Gasteiger charge is -2.15. The molecular weight excluding hydrogens is 212 g/mol. The topological polar surface area (TPSA) is 75.3 Å². The maximum absolute atomic E-state index is 11.6. The monoisotopic (exact) mass is 228 g/mol. The number of amides is 1. The Hall–Kier alpha value is -0.910. The molecule has 0 fully saturated rings. The average Bonchev–Trinajstić information content (AvgIpc) is 2.69. The van der Waals surface area contributed by atoms with E-state index in [1.807, 2.05) is 24.4 Å². The van der Waals surface area contributed by atoms with Crippen LogP contribution < -0.4 is 11.1 Å². The first-order valence-electron chi connectivity index (χ1n) is 4.85. The fourth-order valence-electron chi connectivity index (χ4n) is 1.20. The molecule has 1 aromatic heterocycles. The normalized spacial score (nSPS) is 14.6. The third kappa shape index (κ3) is 3.62. The molecular formula is C10H16N2O2S. The van der Waals surface area contributed by atoms with Crippen molar-refractivity contribution in [3.63, 3.8) is 0 Å². The van der Waals surface area contributed by atoms with Crippen molar-refractivity contribution < 1.29 is 9.90 Å². The number of nitrogens with two attached hydrogens (primary N) is 1. The predicted octanol–water partition coefficient (Wildman–Crippen LogP) is 0.635. The lowest BCUT2D eigenvalue weighted by atomic mass is 10.2. The predicted molar refractivity (Wildman–Crippen MR) is 60.6 cm³/mol. The summed E-state index contributed by atoms with van der Waals surface area (Å²) in [7, 11) is 0. The van der Waals surface area contributed by atoms with Gasteiger partial charge in [-0.1, -0.05) is 6.07 Å². The molecule has 0 aliphatic carbocycles. The molecule has 0 spiro atoms. The Morgan fingerprint density at radius 1 is 1.73 bits per heavy atom. The van der Waals surface area contributed by atoms with E-state index in [9.17, 15) is 4.79 Å². The Balaban J connectivity index is 2.47. The molecule has 84 valence electrons. The van der Waals surface area contributed by atoms with E-state index in [0.29, 0.717) is 6.42 Å². The van der Waals surface area contributed by atoms with Crippen LogP contribution in [0.3, 0.4) is 0 Å². The second kappa shape index (κ2) is 5.85. The molecule has 15 heavy (non-hydrogen) atoms. The minimum atomic E-state index is -0.605. The fourth-order valence-corrected chi connectivity index (χ4v) is 1.92. The molecule has 2 unspecified atom stereocenters. The number of rotatable bonds is 5. The van der Waals surface area contributed by atoms with Gasteiger partial charge in [0.2, 0.25) is 5.91 Å². The van der Waals surface area contributed by atoms with Crippen molar-refractivity contribution >= 4 is 17.2 Å². The van der Waals surface area contributed by atoms with Crippen molar-refractivity contribution in [1.29, 1.82) is 0 Å². The van der Waals surface area contributed by atoms with E-state index in [4.69, 9.17) is 10.8 Å². The number of hydrogen-bond donors (Lipinski definition) is 3. The van der Waals surface area contributed by atoms with Crippen molar-refractivity contribution in [3.05, 3.63) is 22.4 Å². The highest BCUT2D eigenvalue weighted by molar-refractivity contribution is 7.10. The molecule has 0 saturated carbocycles. The van der Waals surface area contributed by atoms with Crippen molar-refractivity contribution in [2.24, 2.45) is 5.73 Å². The highest BCUT2D eigenvalue weighted by atomic mass is 32.1. The minimum absolute atomic E-state index is 0.0477. The van der Waals surface area contributed by atoms with Gasteiger partial charge in [-0.05, 0) is 24.8 Å². The zero-order chi connectivity index (χ0) is 11.3. The molecule has 2 atom stereocenters. The van der Waals surface area contributed by atoms with Gasteiger partial charge in [0.1, 0.15) is 6.04 Å². The van der Waals surface area contributed by atoms with E-state index >= 15 is 0 Å². The van der Waals surface area contributed by atoms with Gasteiger partial charge >= 0.3 is 0 Å². The molecule has 1 amide bonds. The van der Waals surface area contributed by atoms with Crippen LogP contribution in [-0.2, 0) is 4.79 Å². The third-order valence-corrected chi connectivity index (χ3v) is 3.04. The van der Waals surface area contributed by atoms with Crippen molar-refractivity contribution in [2.75, 3.05) is 6.61 Å². The summed E-state index contributed by atoms with van der Waals surface area (Å²) in [6.07, 6.45) is 0.545. The van der Waals surface area contributed by atoms with Crippen LogP contribution in [0.15, 0.2) is 17.5 Å². The van der Waals surface area contributed by atoms with Crippen LogP contribution in [0.2, 0.25) is 0 Å². The van der Waals surface area contributed by atoms with Crippen molar-refractivity contribution in [3.8, 4) is 0 Å². The molecule has 1 rings (SSSR count). The molecule has 0 saturated heterocycles. The smallest absolute Gasteiger partial charge is 0.242 e. The summed E-state index contributed by atoms with van der Waals surface area (Å²) in [4.78, 5) is 12.5. The van der Waals surface area contributed by atoms with Gasteiger partial charge in [0.15, 0.2) is 0 Å². The van der Waals surface area contributed by atoms with E-state index in [1.54, 1.807) is 0 Å². The lowest BCUT2D eigenvalue weighted by Crippen LogP contribution is -2.39. The van der Waals surface area contributed by atoms with Gasteiger partial charge in [0, 0.05) is 17.5 Å². The first kappa shape index (κ1) is 12.2. The fraction of sp³-hybridized carbons (Fsp3) is 0.500. The first-order chi connectivity index (χ1) is 7.15. The van der Waals surface area contributed by atoms with Gasteiger partial charge in [-0.2, -0.15) is 0 Å². The first-order valence-corrected chi connectivity index (χ1v) is 5.73. The van der Waals surface area contributed by atoms with Crippen LogP contribution in [0.4, 0.5) is 0 Å². The van der Waals surface area contributed by atoms with Gasteiger partial charge < -0.3 is 16.2 Å². The number of aliphatic hydroxyl groups is 1. The molecule has 4 nitrogen and oxygen atoms in total. The van der Waals surface area contributed by atoms with Crippen molar-refractivity contribution in [1.82, 2.24) is 5.32 Å². The Bertz CT molecular complexity index is 300. The summed E-state index contributed by atoms with van der Waals surface area (Å²) in [6, 6.07) is 3.05. The maximum atomic E-state index is 11.6. The van der Waals surface area contributed by atoms with E-state index in [2.05, 4.69) is 5.32 Å². The molecule has 0 bridgehead atoms. The number of carbonyl (C=O) groups excluding carboxylic acids is 1. The third-order valence-electron chi connectivity index (χ3n) is 2.08. The molecule has 0 aliphatic heterocycles. The molecule has 5 heteroatoms. The average molecular weight is 228 g/mol. The number of hydrogen-bond acceptors (Lipinski definition) is 4. The molecule has 0 aliphatic rings. The van der Waals surface area contributed by atoms with Crippen molar-refractivity contribution in [2.45, 2.75) is 25.4 Å². The zero-order valence-corrected chi connectivity index (χ0v) is 9.46. The van der Waals surface area contributed by atoms with E-state index in [1.165, 1.54) is 11.3 Å². The second-order valence-electron chi connectivity index (χ2n) is 3.42. The highest BCUT2D eigenvalue weighted by Crippen LogP contribution is 2.16. The van der Waals surface area contributed by atoms with Gasteiger partial charge in [0.05, 0.1) is 0 Å². The Morgan fingerprint density at radius 2 is 2.47 bits per heavy atom. The largest absolute Gasteiger partial charge is 0.396 e. The summed E-state index contributed by atoms with van der Waals surface area (Å²) in [5, 5.41) is 13.3. The van der Waals surface area contributed by atoms with Crippen LogP contribution >= 0.6 is 11.3 Å². The summed E-state index contributed by atoms with van der Waals surface area (Å²) in [5.41, 5.74) is 5.76. The molecule has 1 heterocycles. The number of carbonyl (C=O) groups is 1. The van der Waals surface area contributed by atoms with Crippen LogP contribution in [0.5, 0.6) is 0 Å². The van der Waals surface area contributed by atoms with Crippen LogP contribution in [-0.4, -0.2) is 23.7 Å². The highest BCUT2D eigenvalue weighted by Gasteiger charge is 2.17. The zero-order valence-electron chi connectivity index (χ0n) is 8.64. The van der Waals surface area contributed by atoms with Crippen LogP contribution in [0.25, 0.3) is 0 Å². The maximum Gasteiger partial charge on any atom is 0.242 e. The Labute approximate surface area is 93.1 Å². The van der Waals surface area contributed by atoms with Crippen LogP contribution in [0.1, 0.15) is 24.3 Å². The SMILES string of the molecule is CC(CCO)NC(=O)C(N)c1cccs1. The molecule has 0 aromatic carbocycles. The summed E-state index contributed by atoms with van der Waals surface area (Å²) < 4.78 is 0. The quantitative estimate of drug-likeness (QED) is 0.692. The summed E-state index contributed by atoms with van der Waals surface area (Å²) in [6.45, 7) is 1.91. The minimum Gasteiger partial charge on any atom is -0.396 e. The van der Waals surface area contributed by atoms with Gasteiger partial charge in [-0.25, -0.2) is 0 Å². The van der Waals surface area contributed by atoms with Gasteiger partial charge in [0.25, 0.3) is 0 Å². The van der Waals surface area contributed by atoms with E-state index in [-0.39, 0.29) is 18.6 Å². The molecule has 1 aromatic rings. The number of nitrogens with one attached hydrogen (secondary N) is 1.